The first-order valence-electron chi connectivity index (χ1n) is 13.8. The van der Waals surface area contributed by atoms with E-state index >= 15 is 0 Å². The maximum Gasteiger partial charge on any atom is 0.328 e. The van der Waals surface area contributed by atoms with Gasteiger partial charge < -0.3 is 52.7 Å². The Hall–Kier alpha value is -3.34. The smallest absolute Gasteiger partial charge is 0.328 e. The molecular formula is C26H48N6O10. The minimum Gasteiger partial charge on any atom is -0.480 e. The number of aliphatic hydroxyl groups is 3. The Kier molecular flexibility index (Phi) is 16.8. The van der Waals surface area contributed by atoms with Gasteiger partial charge in [0.2, 0.25) is 29.5 Å². The Morgan fingerprint density at radius 1 is 0.595 bits per heavy atom. The Morgan fingerprint density at radius 3 is 1.33 bits per heavy atom. The molecule has 5 amide bonds. The van der Waals surface area contributed by atoms with Gasteiger partial charge in [0, 0.05) is 0 Å². The number of aliphatic carboxylic acids is 1. The van der Waals surface area contributed by atoms with Crippen LogP contribution in [0.25, 0.3) is 0 Å². The second kappa shape index (κ2) is 18.3. The first-order chi connectivity index (χ1) is 19.4. The van der Waals surface area contributed by atoms with Crippen LogP contribution >= 0.6 is 0 Å². The number of hydrogen-bond donors (Lipinski definition) is 10. The predicted octanol–water partition coefficient (Wildman–Crippen LogP) is -3.45. The second-order valence-electron chi connectivity index (χ2n) is 11.2. The number of aliphatic hydroxyl groups excluding tert-OH is 3. The highest BCUT2D eigenvalue weighted by Crippen LogP contribution is 2.08. The zero-order valence-corrected chi connectivity index (χ0v) is 25.2. The van der Waals surface area contributed by atoms with Gasteiger partial charge in [-0.1, -0.05) is 41.5 Å². The Bertz CT molecular complexity index is 943. The van der Waals surface area contributed by atoms with Gasteiger partial charge in [0.1, 0.15) is 30.2 Å². The van der Waals surface area contributed by atoms with Crippen LogP contribution in [0.4, 0.5) is 0 Å². The zero-order chi connectivity index (χ0) is 32.9. The summed E-state index contributed by atoms with van der Waals surface area (Å²) in [4.78, 5) is 75.1. The summed E-state index contributed by atoms with van der Waals surface area (Å²) >= 11 is 0. The number of amides is 5. The van der Waals surface area contributed by atoms with Gasteiger partial charge in [0.15, 0.2) is 0 Å². The van der Waals surface area contributed by atoms with E-state index in [2.05, 4.69) is 26.6 Å². The van der Waals surface area contributed by atoms with Crippen molar-refractivity contribution in [1.82, 2.24) is 26.6 Å². The third kappa shape index (κ3) is 12.7. The standard InChI is InChI=1S/C26H48N6O10/c1-11(2)8-15(27)21(36)32-20(14(7)35)25(40)31-19(13(5)6)23(38)28-16(9-33)22(37)30-18(12(3)4)24(39)29-17(10-34)26(41)42/h11-20,33-35H,8-10,27H2,1-7H3,(H,28,38)(H,29,39)(H,30,37)(H,31,40)(H,32,36)(H,41,42)/t14-,15+,16+,17+,18+,19+,20+/m1/s1. The molecular weight excluding hydrogens is 556 g/mol. The van der Waals surface area contributed by atoms with Crippen LogP contribution in [-0.4, -0.2) is 112 Å². The van der Waals surface area contributed by atoms with Gasteiger partial charge in [0.05, 0.1) is 25.4 Å². The van der Waals surface area contributed by atoms with Crippen LogP contribution in [0.3, 0.4) is 0 Å². The lowest BCUT2D eigenvalue weighted by atomic mass is 10.0. The van der Waals surface area contributed by atoms with Gasteiger partial charge in [0.25, 0.3) is 0 Å². The molecule has 0 fully saturated rings. The molecule has 0 rings (SSSR count). The van der Waals surface area contributed by atoms with E-state index in [0.717, 1.165) is 0 Å². The van der Waals surface area contributed by atoms with Crippen molar-refractivity contribution in [2.45, 2.75) is 97.2 Å². The molecule has 242 valence electrons. The number of hydrogen-bond acceptors (Lipinski definition) is 10. The van der Waals surface area contributed by atoms with Crippen molar-refractivity contribution in [3.63, 3.8) is 0 Å². The third-order valence-corrected chi connectivity index (χ3v) is 6.23. The summed E-state index contributed by atoms with van der Waals surface area (Å²) in [5.74, 6) is -6.80. The number of carbonyl (C=O) groups excluding carboxylic acids is 5. The van der Waals surface area contributed by atoms with Crippen molar-refractivity contribution in [3.05, 3.63) is 0 Å². The molecule has 0 aromatic carbocycles. The summed E-state index contributed by atoms with van der Waals surface area (Å²) < 4.78 is 0. The molecule has 0 bridgehead atoms. The monoisotopic (exact) mass is 604 g/mol. The van der Waals surface area contributed by atoms with Crippen LogP contribution in [0.2, 0.25) is 0 Å². The first kappa shape index (κ1) is 38.7. The second-order valence-corrected chi connectivity index (χ2v) is 11.2. The third-order valence-electron chi connectivity index (χ3n) is 6.23. The predicted molar refractivity (Wildman–Crippen MR) is 150 cm³/mol. The Morgan fingerprint density at radius 2 is 0.976 bits per heavy atom. The van der Waals surface area contributed by atoms with Gasteiger partial charge in [-0.05, 0) is 31.1 Å². The summed E-state index contributed by atoms with van der Waals surface area (Å²) in [6, 6.07) is -8.11. The molecule has 16 nitrogen and oxygen atoms in total. The molecule has 0 heterocycles. The molecule has 0 aromatic rings. The van der Waals surface area contributed by atoms with E-state index in [1.165, 1.54) is 6.92 Å². The van der Waals surface area contributed by atoms with Gasteiger partial charge in [-0.25, -0.2) is 4.79 Å². The highest BCUT2D eigenvalue weighted by molar-refractivity contribution is 5.96. The molecule has 0 aliphatic heterocycles. The van der Waals surface area contributed by atoms with Crippen LogP contribution in [0, 0.1) is 17.8 Å². The molecule has 11 N–H and O–H groups in total. The topological polar surface area (TPSA) is 270 Å². The van der Waals surface area contributed by atoms with Crippen LogP contribution < -0.4 is 32.3 Å². The number of rotatable bonds is 18. The van der Waals surface area contributed by atoms with E-state index < -0.39 is 103 Å². The van der Waals surface area contributed by atoms with Crippen molar-refractivity contribution < 1.29 is 49.2 Å². The maximum absolute atomic E-state index is 13.1. The fraction of sp³-hybridized carbons (Fsp3) is 0.769. The SMILES string of the molecule is CC(C)C[C@H](N)C(=O)N[C@H](C(=O)N[C@H](C(=O)N[C@@H](CO)C(=O)N[C@H](C(=O)N[C@@H](CO)C(=O)O)C(C)C)C(C)C)[C@@H](C)O. The fourth-order valence-electron chi connectivity index (χ4n) is 3.75. The number of carboxylic acid groups (broad SMARTS) is 1. The Balaban J connectivity index is 5.63. The fourth-order valence-corrected chi connectivity index (χ4v) is 3.75. The highest BCUT2D eigenvalue weighted by atomic mass is 16.4. The number of carboxylic acids is 1. The van der Waals surface area contributed by atoms with Crippen molar-refractivity contribution in [2.75, 3.05) is 13.2 Å². The molecule has 42 heavy (non-hydrogen) atoms. The average Bonchev–Trinajstić information content (AvgIpc) is 2.88. The summed E-state index contributed by atoms with van der Waals surface area (Å²) in [7, 11) is 0. The largest absolute Gasteiger partial charge is 0.480 e. The van der Waals surface area contributed by atoms with E-state index in [0.29, 0.717) is 6.42 Å². The van der Waals surface area contributed by atoms with Gasteiger partial charge in [-0.3, -0.25) is 24.0 Å². The number of carbonyl (C=O) groups is 6. The van der Waals surface area contributed by atoms with Crippen LogP contribution in [0.5, 0.6) is 0 Å². The van der Waals surface area contributed by atoms with Gasteiger partial charge >= 0.3 is 5.97 Å². The molecule has 0 radical (unpaired) electrons. The van der Waals surface area contributed by atoms with E-state index in [1.54, 1.807) is 27.7 Å². The summed E-state index contributed by atoms with van der Waals surface area (Å²) in [5, 5.41) is 49.7. The molecule has 16 heteroatoms. The van der Waals surface area contributed by atoms with E-state index in [4.69, 9.17) is 15.9 Å². The lowest BCUT2D eigenvalue weighted by Crippen LogP contribution is -2.62. The van der Waals surface area contributed by atoms with Crippen LogP contribution in [-0.2, 0) is 28.8 Å². The maximum atomic E-state index is 13.1. The normalized spacial score (nSPS) is 16.4. The first-order valence-corrected chi connectivity index (χ1v) is 13.8. The molecule has 0 aliphatic carbocycles. The molecule has 7 atom stereocenters. The summed E-state index contributed by atoms with van der Waals surface area (Å²) in [5.41, 5.74) is 5.87. The highest BCUT2D eigenvalue weighted by Gasteiger charge is 2.35. The molecule has 0 saturated heterocycles. The van der Waals surface area contributed by atoms with Crippen LogP contribution in [0.15, 0.2) is 0 Å². The number of nitrogens with one attached hydrogen (secondary N) is 5. The van der Waals surface area contributed by atoms with Gasteiger partial charge in [-0.2, -0.15) is 0 Å². The molecule has 0 spiro atoms. The van der Waals surface area contributed by atoms with E-state index in [1.807, 2.05) is 13.8 Å². The summed E-state index contributed by atoms with van der Waals surface area (Å²) in [6.45, 7) is 9.52. The lowest BCUT2D eigenvalue weighted by Gasteiger charge is -2.29. The summed E-state index contributed by atoms with van der Waals surface area (Å²) in [6.07, 6.45) is -1.01. The van der Waals surface area contributed by atoms with E-state index in [-0.39, 0.29) is 5.92 Å². The molecule has 0 aliphatic rings. The van der Waals surface area contributed by atoms with Crippen LogP contribution in [0.1, 0.15) is 54.9 Å². The minimum absolute atomic E-state index is 0.0997. The molecule has 0 unspecified atom stereocenters. The average molecular weight is 605 g/mol. The number of nitrogens with two attached hydrogens (primary N) is 1. The molecule has 0 saturated carbocycles. The van der Waals surface area contributed by atoms with Crippen molar-refractivity contribution in [3.8, 4) is 0 Å². The van der Waals surface area contributed by atoms with E-state index in [9.17, 15) is 39.0 Å². The van der Waals surface area contributed by atoms with Crippen molar-refractivity contribution in [1.29, 1.82) is 0 Å². The zero-order valence-electron chi connectivity index (χ0n) is 25.2. The Labute approximate surface area is 245 Å². The quantitative estimate of drug-likeness (QED) is 0.0734. The minimum atomic E-state index is -1.61. The van der Waals surface area contributed by atoms with Crippen molar-refractivity contribution in [2.24, 2.45) is 23.5 Å². The lowest BCUT2D eigenvalue weighted by molar-refractivity contribution is -0.143. The van der Waals surface area contributed by atoms with Gasteiger partial charge in [-0.15, -0.1) is 0 Å². The molecule has 0 aromatic heterocycles. The van der Waals surface area contributed by atoms with Crippen molar-refractivity contribution >= 4 is 35.5 Å².